The quantitative estimate of drug-likeness (QED) is 0.849. The van der Waals surface area contributed by atoms with E-state index >= 15 is 0 Å². The van der Waals surface area contributed by atoms with Crippen molar-refractivity contribution in [1.29, 1.82) is 0 Å². The first-order valence-electron chi connectivity index (χ1n) is 7.30. The molecule has 3 rings (SSSR count). The molecule has 2 heterocycles. The number of amides is 1. The molecule has 0 bridgehead atoms. The van der Waals surface area contributed by atoms with E-state index in [1.807, 2.05) is 29.2 Å². The van der Waals surface area contributed by atoms with E-state index in [4.69, 9.17) is 0 Å². The molecule has 108 valence electrons. The highest BCUT2D eigenvalue weighted by molar-refractivity contribution is 6.08. The van der Waals surface area contributed by atoms with Gasteiger partial charge in [-0.1, -0.05) is 12.1 Å². The smallest absolute Gasteiger partial charge is 0.259 e. The van der Waals surface area contributed by atoms with E-state index in [2.05, 4.69) is 29.8 Å². The fourth-order valence-corrected chi connectivity index (χ4v) is 2.95. The minimum absolute atomic E-state index is 0.0122. The number of likely N-dealkylation sites (N-methyl/N-ethyl adjacent to an activating group) is 1. The van der Waals surface area contributed by atoms with Gasteiger partial charge in [-0.3, -0.25) is 9.78 Å². The van der Waals surface area contributed by atoms with Crippen molar-refractivity contribution >= 4 is 17.3 Å². The van der Waals surface area contributed by atoms with Gasteiger partial charge in [0.25, 0.3) is 5.91 Å². The van der Waals surface area contributed by atoms with Crippen LogP contribution >= 0.6 is 0 Å². The molecular formula is C17H19N3O. The van der Waals surface area contributed by atoms with Gasteiger partial charge in [-0.2, -0.15) is 0 Å². The van der Waals surface area contributed by atoms with Crippen LogP contribution < -0.4 is 9.80 Å². The van der Waals surface area contributed by atoms with Gasteiger partial charge in [0.15, 0.2) is 0 Å². The summed E-state index contributed by atoms with van der Waals surface area (Å²) >= 11 is 0. The summed E-state index contributed by atoms with van der Waals surface area (Å²) in [6.07, 6.45) is 3.31. The Morgan fingerprint density at radius 3 is 2.67 bits per heavy atom. The molecule has 1 aliphatic rings. The van der Waals surface area contributed by atoms with Crippen LogP contribution in [0.4, 0.5) is 11.4 Å². The van der Waals surface area contributed by atoms with E-state index in [9.17, 15) is 4.79 Å². The number of rotatable bonds is 2. The summed E-state index contributed by atoms with van der Waals surface area (Å²) in [6.45, 7) is 5.93. The number of para-hydroxylation sites is 2. The maximum Gasteiger partial charge on any atom is 0.259 e. The second-order valence-electron chi connectivity index (χ2n) is 5.28. The molecule has 1 aromatic heterocycles. The lowest BCUT2D eigenvalue weighted by Gasteiger charge is -2.42. The van der Waals surface area contributed by atoms with E-state index in [1.54, 1.807) is 18.5 Å². The molecule has 1 amide bonds. The Morgan fingerprint density at radius 2 is 2.00 bits per heavy atom. The van der Waals surface area contributed by atoms with Crippen LogP contribution in [0.25, 0.3) is 0 Å². The Balaban J connectivity index is 2.02. The molecule has 4 nitrogen and oxygen atoms in total. The van der Waals surface area contributed by atoms with Crippen molar-refractivity contribution in [2.45, 2.75) is 19.9 Å². The molecule has 1 unspecified atom stereocenters. The fraction of sp³-hybridized carbons (Fsp3) is 0.294. The van der Waals surface area contributed by atoms with Crippen LogP contribution in [0.1, 0.15) is 24.2 Å². The highest BCUT2D eigenvalue weighted by Crippen LogP contribution is 2.35. The minimum atomic E-state index is 0.0122. The van der Waals surface area contributed by atoms with E-state index in [1.165, 1.54) is 0 Å². The molecule has 1 aliphatic heterocycles. The lowest BCUT2D eigenvalue weighted by molar-refractivity contribution is 0.0984. The normalized spacial score (nSPS) is 17.5. The zero-order chi connectivity index (χ0) is 14.8. The van der Waals surface area contributed by atoms with Crippen molar-refractivity contribution in [2.24, 2.45) is 0 Å². The zero-order valence-corrected chi connectivity index (χ0v) is 12.4. The number of nitrogens with zero attached hydrogens (tertiary/aromatic N) is 3. The summed E-state index contributed by atoms with van der Waals surface area (Å²) in [6, 6.07) is 12.0. The third-order valence-electron chi connectivity index (χ3n) is 3.96. The maximum absolute atomic E-state index is 12.8. The Labute approximate surface area is 125 Å². The fourth-order valence-electron chi connectivity index (χ4n) is 2.95. The van der Waals surface area contributed by atoms with E-state index in [0.29, 0.717) is 18.2 Å². The average Bonchev–Trinajstić information content (AvgIpc) is 2.54. The van der Waals surface area contributed by atoms with Crippen molar-refractivity contribution in [1.82, 2.24) is 4.98 Å². The minimum Gasteiger partial charge on any atom is -0.366 e. The van der Waals surface area contributed by atoms with Crippen LogP contribution in [-0.2, 0) is 0 Å². The van der Waals surface area contributed by atoms with Crippen molar-refractivity contribution in [3.63, 3.8) is 0 Å². The number of hydrogen-bond acceptors (Lipinski definition) is 3. The van der Waals surface area contributed by atoms with E-state index in [-0.39, 0.29) is 5.91 Å². The van der Waals surface area contributed by atoms with E-state index < -0.39 is 0 Å². The number of aromatic nitrogens is 1. The maximum atomic E-state index is 12.8. The van der Waals surface area contributed by atoms with Gasteiger partial charge in [-0.15, -0.1) is 0 Å². The van der Waals surface area contributed by atoms with Crippen molar-refractivity contribution in [2.75, 3.05) is 22.9 Å². The molecule has 1 aromatic carbocycles. The lowest BCUT2D eigenvalue weighted by atomic mass is 10.1. The van der Waals surface area contributed by atoms with E-state index in [0.717, 1.165) is 17.9 Å². The van der Waals surface area contributed by atoms with Crippen molar-refractivity contribution in [3.05, 3.63) is 54.4 Å². The van der Waals surface area contributed by atoms with Gasteiger partial charge >= 0.3 is 0 Å². The molecule has 2 aromatic rings. The van der Waals surface area contributed by atoms with Crippen LogP contribution in [0.3, 0.4) is 0 Å². The van der Waals surface area contributed by atoms with Crippen molar-refractivity contribution in [3.8, 4) is 0 Å². The largest absolute Gasteiger partial charge is 0.366 e. The molecule has 0 aliphatic carbocycles. The second kappa shape index (κ2) is 5.56. The van der Waals surface area contributed by atoms with Crippen molar-refractivity contribution < 1.29 is 4.79 Å². The van der Waals surface area contributed by atoms with Crippen LogP contribution in [0.2, 0.25) is 0 Å². The summed E-state index contributed by atoms with van der Waals surface area (Å²) in [4.78, 5) is 21.0. The molecule has 0 fully saturated rings. The number of carbonyl (C=O) groups is 1. The van der Waals surface area contributed by atoms with Gasteiger partial charge in [-0.05, 0) is 38.1 Å². The topological polar surface area (TPSA) is 36.4 Å². The zero-order valence-electron chi connectivity index (χ0n) is 12.4. The third-order valence-corrected chi connectivity index (χ3v) is 3.96. The van der Waals surface area contributed by atoms with Gasteiger partial charge in [0, 0.05) is 31.5 Å². The molecule has 0 N–H and O–H groups in total. The van der Waals surface area contributed by atoms with Gasteiger partial charge in [0.2, 0.25) is 0 Å². The Hall–Kier alpha value is -2.36. The Kier molecular flexibility index (Phi) is 3.60. The molecule has 0 saturated heterocycles. The highest BCUT2D eigenvalue weighted by atomic mass is 16.2. The third kappa shape index (κ3) is 2.37. The monoisotopic (exact) mass is 281 g/mol. The molecule has 0 spiro atoms. The molecular weight excluding hydrogens is 262 g/mol. The summed E-state index contributed by atoms with van der Waals surface area (Å²) < 4.78 is 0. The summed E-state index contributed by atoms with van der Waals surface area (Å²) in [5, 5.41) is 0. The molecule has 0 radical (unpaired) electrons. The van der Waals surface area contributed by atoms with Gasteiger partial charge in [0.1, 0.15) is 0 Å². The summed E-state index contributed by atoms with van der Waals surface area (Å²) in [5.41, 5.74) is 2.73. The molecule has 21 heavy (non-hydrogen) atoms. The van der Waals surface area contributed by atoms with Gasteiger partial charge in [0.05, 0.1) is 16.9 Å². The summed E-state index contributed by atoms with van der Waals surface area (Å²) in [5.74, 6) is 0.0122. The molecule has 0 saturated carbocycles. The predicted octanol–water partition coefficient (Wildman–Crippen LogP) is 2.96. The average molecular weight is 281 g/mol. The predicted molar refractivity (Wildman–Crippen MR) is 84.8 cm³/mol. The number of carbonyl (C=O) groups excluding carboxylic acids is 1. The number of pyridine rings is 1. The standard InChI is InChI=1S/C17H19N3O/c1-3-19-13(2)12-20(16-9-5-4-8-15(16)19)17(21)14-7-6-10-18-11-14/h4-11,13H,3,12H2,1-2H3. The first kappa shape index (κ1) is 13.6. The molecule has 1 atom stereocenters. The van der Waals surface area contributed by atoms with Gasteiger partial charge in [-0.25, -0.2) is 0 Å². The lowest BCUT2D eigenvalue weighted by Crippen LogP contribution is -2.49. The van der Waals surface area contributed by atoms with Crippen LogP contribution in [0.15, 0.2) is 48.8 Å². The van der Waals surface area contributed by atoms with Gasteiger partial charge < -0.3 is 9.80 Å². The first-order chi connectivity index (χ1) is 10.2. The molecule has 4 heteroatoms. The second-order valence-corrected chi connectivity index (χ2v) is 5.28. The SMILES string of the molecule is CCN1c2ccccc2N(C(=O)c2cccnc2)CC1C. The first-order valence-corrected chi connectivity index (χ1v) is 7.30. The Bertz CT molecular complexity index is 641. The highest BCUT2D eigenvalue weighted by Gasteiger charge is 2.30. The number of anilines is 2. The van der Waals surface area contributed by atoms with Crippen LogP contribution in [0, 0.1) is 0 Å². The van der Waals surface area contributed by atoms with Crippen LogP contribution in [0.5, 0.6) is 0 Å². The number of benzene rings is 1. The van der Waals surface area contributed by atoms with Crippen LogP contribution in [-0.4, -0.2) is 30.0 Å². The number of fused-ring (bicyclic) bond motifs is 1. The Morgan fingerprint density at radius 1 is 1.24 bits per heavy atom. The number of hydrogen-bond donors (Lipinski definition) is 0. The summed E-state index contributed by atoms with van der Waals surface area (Å²) in [7, 11) is 0.